The highest BCUT2D eigenvalue weighted by atomic mass is 35.5. The van der Waals surface area contributed by atoms with Gasteiger partial charge in [-0.05, 0) is 55.0 Å². The summed E-state index contributed by atoms with van der Waals surface area (Å²) in [7, 11) is 1.55. The number of methoxy groups -OCH3 is 1. The summed E-state index contributed by atoms with van der Waals surface area (Å²) in [6, 6.07) is 15.9. The Morgan fingerprint density at radius 3 is 2.59 bits per heavy atom. The number of aryl methyl sites for hydroxylation is 1. The van der Waals surface area contributed by atoms with Gasteiger partial charge in [-0.25, -0.2) is 4.98 Å². The first-order chi connectivity index (χ1) is 14.0. The van der Waals surface area contributed by atoms with Gasteiger partial charge in [0.05, 0.1) is 17.7 Å². The number of aromatic nitrogens is 1. The lowest BCUT2D eigenvalue weighted by Crippen LogP contribution is -2.13. The first-order valence-electron chi connectivity index (χ1n) is 8.77. The minimum absolute atomic E-state index is 0.249. The third-order valence-corrected chi connectivity index (χ3v) is 4.96. The van der Waals surface area contributed by atoms with Crippen molar-refractivity contribution < 1.29 is 13.9 Å². The molecule has 0 aliphatic rings. The molecule has 7 heteroatoms. The first-order valence-corrected chi connectivity index (χ1v) is 9.53. The number of amides is 1. The highest BCUT2D eigenvalue weighted by molar-refractivity contribution is 6.38. The van der Waals surface area contributed by atoms with Gasteiger partial charge in [-0.15, -0.1) is 0 Å². The van der Waals surface area contributed by atoms with Gasteiger partial charge in [-0.1, -0.05) is 35.3 Å². The summed E-state index contributed by atoms with van der Waals surface area (Å²) in [6.07, 6.45) is 0. The second kappa shape index (κ2) is 7.78. The molecule has 29 heavy (non-hydrogen) atoms. The van der Waals surface area contributed by atoms with Crippen LogP contribution in [0.3, 0.4) is 0 Å². The van der Waals surface area contributed by atoms with Crippen molar-refractivity contribution in [3.05, 3.63) is 75.8 Å². The molecule has 0 atom stereocenters. The molecule has 0 aliphatic heterocycles. The number of para-hydroxylation sites is 1. The summed E-state index contributed by atoms with van der Waals surface area (Å²) in [5.41, 5.74) is 3.82. The molecule has 0 saturated heterocycles. The third-order valence-electron chi connectivity index (χ3n) is 4.46. The predicted octanol–water partition coefficient (Wildman–Crippen LogP) is 6.37. The Morgan fingerprint density at radius 2 is 1.86 bits per heavy atom. The lowest BCUT2D eigenvalue weighted by Gasteiger charge is -2.11. The molecule has 146 valence electrons. The summed E-state index contributed by atoms with van der Waals surface area (Å²) in [5, 5.41) is 3.77. The molecule has 0 aliphatic carbocycles. The Bertz CT molecular complexity index is 1220. The Morgan fingerprint density at radius 1 is 1.10 bits per heavy atom. The van der Waals surface area contributed by atoms with Crippen molar-refractivity contribution in [2.24, 2.45) is 0 Å². The molecule has 5 nitrogen and oxygen atoms in total. The average Bonchev–Trinajstić information content (AvgIpc) is 3.12. The fourth-order valence-corrected chi connectivity index (χ4v) is 3.60. The molecule has 0 fully saturated rings. The number of benzene rings is 3. The zero-order chi connectivity index (χ0) is 20.5. The van der Waals surface area contributed by atoms with E-state index in [0.717, 1.165) is 11.1 Å². The largest absolute Gasteiger partial charge is 0.496 e. The molecule has 0 spiro atoms. The van der Waals surface area contributed by atoms with Gasteiger partial charge in [0.1, 0.15) is 11.3 Å². The van der Waals surface area contributed by atoms with Gasteiger partial charge in [0, 0.05) is 16.3 Å². The molecule has 0 radical (unpaired) electrons. The Hall–Kier alpha value is -3.02. The van der Waals surface area contributed by atoms with Gasteiger partial charge in [0.2, 0.25) is 5.89 Å². The number of carbonyl (C=O) groups excluding carboxylic acids is 1. The van der Waals surface area contributed by atoms with Crippen LogP contribution in [0.15, 0.2) is 59.0 Å². The number of halogens is 2. The number of nitrogens with zero attached hydrogens (tertiary/aromatic N) is 1. The molecular formula is C22H16Cl2N2O3. The fraction of sp³-hybridized carbons (Fsp3) is 0.0909. The van der Waals surface area contributed by atoms with Crippen LogP contribution in [0.25, 0.3) is 22.6 Å². The van der Waals surface area contributed by atoms with Crippen LogP contribution in [0.4, 0.5) is 5.69 Å². The van der Waals surface area contributed by atoms with Crippen LogP contribution in [0, 0.1) is 6.92 Å². The standard InChI is InChI=1S/C22H16Cl2N2O3/c1-12-4-3-5-16(19(12)28-2)21(27)25-15-8-6-13(7-9-15)22-26-18-11-14(23)10-17(24)20(18)29-22/h3-11H,1-2H3,(H,25,27). The molecule has 3 aromatic carbocycles. The van der Waals surface area contributed by atoms with Crippen molar-refractivity contribution in [3.63, 3.8) is 0 Å². The molecule has 0 saturated carbocycles. The SMILES string of the molecule is COc1c(C)cccc1C(=O)Nc1ccc(-c2nc3cc(Cl)cc(Cl)c3o2)cc1. The van der Waals surface area contributed by atoms with Crippen LogP contribution in [0.2, 0.25) is 10.0 Å². The number of anilines is 1. The number of ether oxygens (including phenoxy) is 1. The monoisotopic (exact) mass is 426 g/mol. The van der Waals surface area contributed by atoms with Crippen molar-refractivity contribution in [1.82, 2.24) is 4.98 Å². The topological polar surface area (TPSA) is 64.4 Å². The van der Waals surface area contributed by atoms with Crippen LogP contribution in [0.1, 0.15) is 15.9 Å². The minimum Gasteiger partial charge on any atom is -0.496 e. The van der Waals surface area contributed by atoms with Crippen LogP contribution in [0.5, 0.6) is 5.75 Å². The van der Waals surface area contributed by atoms with Crippen LogP contribution in [-0.2, 0) is 0 Å². The number of carbonyl (C=O) groups is 1. The number of nitrogens with one attached hydrogen (secondary N) is 1. The van der Waals surface area contributed by atoms with E-state index in [1.54, 1.807) is 37.4 Å². The number of hydrogen-bond acceptors (Lipinski definition) is 4. The maximum absolute atomic E-state index is 12.6. The molecule has 1 N–H and O–H groups in total. The van der Waals surface area contributed by atoms with Crippen molar-refractivity contribution in [3.8, 4) is 17.2 Å². The highest BCUT2D eigenvalue weighted by Crippen LogP contribution is 2.32. The number of rotatable bonds is 4. The van der Waals surface area contributed by atoms with Gasteiger partial charge in [0.25, 0.3) is 5.91 Å². The van der Waals surface area contributed by atoms with Gasteiger partial charge >= 0.3 is 0 Å². The van der Waals surface area contributed by atoms with Crippen molar-refractivity contribution in [2.75, 3.05) is 12.4 Å². The zero-order valence-corrected chi connectivity index (χ0v) is 17.1. The Labute approximate surface area is 177 Å². The molecule has 0 unspecified atom stereocenters. The summed E-state index contributed by atoms with van der Waals surface area (Å²) >= 11 is 12.2. The average molecular weight is 427 g/mol. The number of hydrogen-bond donors (Lipinski definition) is 1. The Kier molecular flexibility index (Phi) is 5.18. The fourth-order valence-electron chi connectivity index (χ4n) is 3.08. The van der Waals surface area contributed by atoms with E-state index in [-0.39, 0.29) is 5.91 Å². The van der Waals surface area contributed by atoms with Crippen LogP contribution < -0.4 is 10.1 Å². The van der Waals surface area contributed by atoms with Crippen molar-refractivity contribution in [1.29, 1.82) is 0 Å². The molecule has 4 aromatic rings. The third kappa shape index (κ3) is 3.79. The predicted molar refractivity (Wildman–Crippen MR) is 115 cm³/mol. The summed E-state index contributed by atoms with van der Waals surface area (Å²) in [4.78, 5) is 17.1. The smallest absolute Gasteiger partial charge is 0.259 e. The molecule has 1 amide bonds. The quantitative estimate of drug-likeness (QED) is 0.411. The molecule has 1 heterocycles. The summed E-state index contributed by atoms with van der Waals surface area (Å²) < 4.78 is 11.1. The van der Waals surface area contributed by atoms with E-state index in [0.29, 0.717) is 44.0 Å². The second-order valence-electron chi connectivity index (χ2n) is 6.44. The van der Waals surface area contributed by atoms with Crippen molar-refractivity contribution in [2.45, 2.75) is 6.92 Å². The maximum atomic E-state index is 12.6. The van der Waals surface area contributed by atoms with Gasteiger partial charge in [-0.3, -0.25) is 4.79 Å². The van der Waals surface area contributed by atoms with E-state index in [4.69, 9.17) is 32.4 Å². The normalized spacial score (nSPS) is 10.9. The summed E-state index contributed by atoms with van der Waals surface area (Å²) in [6.45, 7) is 1.89. The van der Waals surface area contributed by atoms with E-state index in [2.05, 4.69) is 10.3 Å². The highest BCUT2D eigenvalue weighted by Gasteiger charge is 2.15. The second-order valence-corrected chi connectivity index (χ2v) is 7.29. The van der Waals surface area contributed by atoms with Crippen LogP contribution >= 0.6 is 23.2 Å². The zero-order valence-electron chi connectivity index (χ0n) is 15.6. The summed E-state index contributed by atoms with van der Waals surface area (Å²) in [5.74, 6) is 0.729. The van der Waals surface area contributed by atoms with Gasteiger partial charge in [-0.2, -0.15) is 0 Å². The van der Waals surface area contributed by atoms with E-state index in [9.17, 15) is 4.79 Å². The molecule has 4 rings (SSSR count). The molecular weight excluding hydrogens is 411 g/mol. The first kappa shape index (κ1) is 19.3. The minimum atomic E-state index is -0.249. The van der Waals surface area contributed by atoms with E-state index >= 15 is 0 Å². The lowest BCUT2D eigenvalue weighted by molar-refractivity contribution is 0.102. The van der Waals surface area contributed by atoms with Crippen LogP contribution in [-0.4, -0.2) is 18.0 Å². The van der Waals surface area contributed by atoms with E-state index in [1.165, 1.54) is 0 Å². The van der Waals surface area contributed by atoms with E-state index in [1.807, 2.05) is 31.2 Å². The van der Waals surface area contributed by atoms with Gasteiger partial charge < -0.3 is 14.5 Å². The Balaban J connectivity index is 1.58. The number of fused-ring (bicyclic) bond motifs is 1. The van der Waals surface area contributed by atoms with Gasteiger partial charge in [0.15, 0.2) is 5.58 Å². The molecule has 1 aromatic heterocycles. The van der Waals surface area contributed by atoms with E-state index < -0.39 is 0 Å². The maximum Gasteiger partial charge on any atom is 0.259 e. The van der Waals surface area contributed by atoms with Crippen molar-refractivity contribution >= 4 is 45.9 Å². The molecule has 0 bridgehead atoms. The lowest BCUT2D eigenvalue weighted by atomic mass is 10.1. The number of oxazole rings is 1.